The fraction of sp³-hybridized carbons (Fsp3) is 0.588. The van der Waals surface area contributed by atoms with Crippen molar-refractivity contribution in [2.45, 2.75) is 45.6 Å². The van der Waals surface area contributed by atoms with Crippen LogP contribution in [0.25, 0.3) is 0 Å². The number of carbonyl (C=O) groups is 1. The molecule has 1 saturated heterocycles. The van der Waals surface area contributed by atoms with E-state index < -0.39 is 16.1 Å². The van der Waals surface area contributed by atoms with Crippen LogP contribution in [0.1, 0.15) is 38.2 Å². The fourth-order valence-electron chi connectivity index (χ4n) is 3.06. The smallest absolute Gasteiger partial charge is 0.246 e. The van der Waals surface area contributed by atoms with Crippen molar-refractivity contribution in [1.29, 1.82) is 0 Å². The van der Waals surface area contributed by atoms with Crippen molar-refractivity contribution in [3.63, 3.8) is 0 Å². The molecule has 23 heavy (non-hydrogen) atoms. The molecule has 1 aliphatic heterocycles. The minimum atomic E-state index is -3.54. The van der Waals surface area contributed by atoms with Crippen LogP contribution >= 0.6 is 0 Å². The molecule has 0 aromatic heterocycles. The van der Waals surface area contributed by atoms with Crippen LogP contribution in [-0.2, 0) is 14.8 Å². The Morgan fingerprint density at radius 1 is 1.17 bits per heavy atom. The molecule has 1 aromatic carbocycles. The Morgan fingerprint density at radius 3 is 2.22 bits per heavy atom. The summed E-state index contributed by atoms with van der Waals surface area (Å²) in [5, 5.41) is 0. The molecule has 0 unspecified atom stereocenters. The van der Waals surface area contributed by atoms with E-state index in [1.165, 1.54) is 10.6 Å². The number of nitrogens with zero attached hydrogens (tertiary/aromatic N) is 2. The zero-order valence-electron chi connectivity index (χ0n) is 14.2. The normalized spacial score (nSPS) is 16.9. The van der Waals surface area contributed by atoms with Crippen molar-refractivity contribution in [2.75, 3.05) is 23.7 Å². The lowest BCUT2D eigenvalue weighted by molar-refractivity contribution is -0.133. The van der Waals surface area contributed by atoms with Crippen LogP contribution in [0.5, 0.6) is 0 Å². The van der Waals surface area contributed by atoms with Gasteiger partial charge in [-0.1, -0.05) is 24.6 Å². The summed E-state index contributed by atoms with van der Waals surface area (Å²) in [6.45, 7) is 5.26. The van der Waals surface area contributed by atoms with Gasteiger partial charge in [0.15, 0.2) is 0 Å². The molecular formula is C17H26N2O3S. The highest BCUT2D eigenvalue weighted by Crippen LogP contribution is 2.24. The first kappa shape index (κ1) is 17.8. The predicted octanol–water partition coefficient (Wildman–Crippen LogP) is 2.55. The quantitative estimate of drug-likeness (QED) is 0.829. The summed E-state index contributed by atoms with van der Waals surface area (Å²) in [5.41, 5.74) is 1.60. The molecule has 0 bridgehead atoms. The van der Waals surface area contributed by atoms with E-state index in [2.05, 4.69) is 0 Å². The summed E-state index contributed by atoms with van der Waals surface area (Å²) in [6, 6.07) is 6.59. The number of rotatable bonds is 5. The molecule has 0 spiro atoms. The van der Waals surface area contributed by atoms with Crippen LogP contribution < -0.4 is 4.31 Å². The van der Waals surface area contributed by atoms with Crippen LogP contribution in [-0.4, -0.2) is 44.6 Å². The van der Waals surface area contributed by atoms with E-state index in [1.54, 1.807) is 12.1 Å². The van der Waals surface area contributed by atoms with Gasteiger partial charge in [0.25, 0.3) is 0 Å². The van der Waals surface area contributed by atoms with Gasteiger partial charge in [-0.15, -0.1) is 0 Å². The zero-order valence-corrected chi connectivity index (χ0v) is 15.0. The summed E-state index contributed by atoms with van der Waals surface area (Å²) in [5.74, 6) is -0.0850. The number of amides is 1. The van der Waals surface area contributed by atoms with E-state index in [0.717, 1.165) is 37.9 Å². The molecule has 1 aliphatic rings. The number of aryl methyl sites for hydroxylation is 1. The second-order valence-corrected chi connectivity index (χ2v) is 8.06. The Bertz CT molecular complexity index is 634. The molecule has 1 atom stereocenters. The minimum absolute atomic E-state index is 0.0850. The molecule has 0 radical (unpaired) electrons. The Kier molecular flexibility index (Phi) is 5.68. The molecule has 1 heterocycles. The number of likely N-dealkylation sites (tertiary alicyclic amines) is 1. The summed E-state index contributed by atoms with van der Waals surface area (Å²) in [7, 11) is -3.54. The van der Waals surface area contributed by atoms with Crippen molar-refractivity contribution in [3.05, 3.63) is 29.8 Å². The lowest BCUT2D eigenvalue weighted by atomic mass is 10.1. The third-order valence-corrected chi connectivity index (χ3v) is 5.45. The molecule has 128 valence electrons. The van der Waals surface area contributed by atoms with Gasteiger partial charge >= 0.3 is 0 Å². The number of benzene rings is 1. The standard InChI is InChI=1S/C17H26N2O3S/c1-4-16(17(20)18-12-6-5-7-13-18)19(23(3,21)22)15-10-8-14(2)9-11-15/h8-11,16H,4-7,12-13H2,1-3H3/t16-/m1/s1. The molecule has 1 amide bonds. The molecule has 6 heteroatoms. The van der Waals surface area contributed by atoms with E-state index >= 15 is 0 Å². The van der Waals surface area contributed by atoms with E-state index in [1.807, 2.05) is 30.9 Å². The first-order valence-electron chi connectivity index (χ1n) is 8.19. The van der Waals surface area contributed by atoms with E-state index in [0.29, 0.717) is 12.1 Å². The van der Waals surface area contributed by atoms with E-state index in [9.17, 15) is 13.2 Å². The van der Waals surface area contributed by atoms with E-state index in [-0.39, 0.29) is 5.91 Å². The lowest BCUT2D eigenvalue weighted by Crippen LogP contribution is -2.51. The second kappa shape index (κ2) is 7.34. The van der Waals surface area contributed by atoms with Gasteiger partial charge in [0.1, 0.15) is 6.04 Å². The summed E-state index contributed by atoms with van der Waals surface area (Å²) in [6.07, 6.45) is 4.74. The van der Waals surface area contributed by atoms with Crippen LogP contribution in [0.3, 0.4) is 0 Å². The number of carbonyl (C=O) groups excluding carboxylic acids is 1. The first-order valence-corrected chi connectivity index (χ1v) is 10.0. The lowest BCUT2D eigenvalue weighted by Gasteiger charge is -2.35. The monoisotopic (exact) mass is 338 g/mol. The summed E-state index contributed by atoms with van der Waals surface area (Å²) >= 11 is 0. The summed E-state index contributed by atoms with van der Waals surface area (Å²) < 4.78 is 26.0. The van der Waals surface area contributed by atoms with Gasteiger partial charge in [0, 0.05) is 13.1 Å². The van der Waals surface area contributed by atoms with Gasteiger partial charge in [-0.2, -0.15) is 0 Å². The highest BCUT2D eigenvalue weighted by Gasteiger charge is 2.34. The number of sulfonamides is 1. The van der Waals surface area contributed by atoms with Gasteiger partial charge in [-0.3, -0.25) is 9.10 Å². The van der Waals surface area contributed by atoms with Crippen LogP contribution in [0, 0.1) is 6.92 Å². The summed E-state index contributed by atoms with van der Waals surface area (Å²) in [4.78, 5) is 14.7. The molecule has 1 aromatic rings. The molecule has 5 nitrogen and oxygen atoms in total. The van der Waals surface area contributed by atoms with Gasteiger partial charge in [-0.05, 0) is 44.7 Å². The van der Waals surface area contributed by atoms with Crippen LogP contribution in [0.15, 0.2) is 24.3 Å². The number of anilines is 1. The molecule has 0 N–H and O–H groups in total. The van der Waals surface area contributed by atoms with Gasteiger partial charge < -0.3 is 4.90 Å². The van der Waals surface area contributed by atoms with E-state index in [4.69, 9.17) is 0 Å². The fourth-order valence-corrected chi connectivity index (χ4v) is 4.27. The van der Waals surface area contributed by atoms with Crippen molar-refractivity contribution < 1.29 is 13.2 Å². The SMILES string of the molecule is CC[C@H](C(=O)N1CCCCC1)N(c1ccc(C)cc1)S(C)(=O)=O. The predicted molar refractivity (Wildman–Crippen MR) is 93.0 cm³/mol. The number of hydrogen-bond donors (Lipinski definition) is 0. The third-order valence-electron chi connectivity index (χ3n) is 4.27. The zero-order chi connectivity index (χ0) is 17.0. The highest BCUT2D eigenvalue weighted by molar-refractivity contribution is 7.92. The maximum Gasteiger partial charge on any atom is 0.246 e. The van der Waals surface area contributed by atoms with Crippen molar-refractivity contribution in [3.8, 4) is 0 Å². The van der Waals surface area contributed by atoms with Crippen LogP contribution in [0.2, 0.25) is 0 Å². The average Bonchev–Trinajstić information content (AvgIpc) is 2.53. The Labute approximate surface area is 139 Å². The van der Waals surface area contributed by atoms with Gasteiger partial charge in [0.2, 0.25) is 15.9 Å². The molecule has 1 fully saturated rings. The highest BCUT2D eigenvalue weighted by atomic mass is 32.2. The van der Waals surface area contributed by atoms with Crippen molar-refractivity contribution in [1.82, 2.24) is 4.90 Å². The molecule has 0 aliphatic carbocycles. The Balaban J connectivity index is 2.35. The van der Waals surface area contributed by atoms with Crippen molar-refractivity contribution in [2.24, 2.45) is 0 Å². The first-order chi connectivity index (χ1) is 10.8. The second-order valence-electron chi connectivity index (χ2n) is 6.20. The number of hydrogen-bond acceptors (Lipinski definition) is 3. The topological polar surface area (TPSA) is 57.7 Å². The largest absolute Gasteiger partial charge is 0.341 e. The van der Waals surface area contributed by atoms with Gasteiger partial charge in [-0.25, -0.2) is 8.42 Å². The van der Waals surface area contributed by atoms with Crippen molar-refractivity contribution >= 4 is 21.6 Å². The Morgan fingerprint density at radius 2 is 1.74 bits per heavy atom. The third kappa shape index (κ3) is 4.25. The van der Waals surface area contributed by atoms with Crippen LogP contribution in [0.4, 0.5) is 5.69 Å². The van der Waals surface area contributed by atoms with Gasteiger partial charge in [0.05, 0.1) is 11.9 Å². The molecule has 2 rings (SSSR count). The average molecular weight is 338 g/mol. The Hall–Kier alpha value is -1.56. The molecular weight excluding hydrogens is 312 g/mol. The maximum atomic E-state index is 12.9. The molecule has 0 saturated carbocycles. The minimum Gasteiger partial charge on any atom is -0.341 e. The maximum absolute atomic E-state index is 12.9. The number of piperidine rings is 1.